The molecule has 0 saturated heterocycles. The van der Waals surface area contributed by atoms with Gasteiger partial charge < -0.3 is 14.2 Å². The van der Waals surface area contributed by atoms with Gasteiger partial charge in [-0.15, -0.1) is 0 Å². The van der Waals surface area contributed by atoms with Crippen LogP contribution in [0.4, 0.5) is 0 Å². The molecule has 110 valence electrons. The van der Waals surface area contributed by atoms with Crippen molar-refractivity contribution >= 4 is 11.8 Å². The number of Topliss-reactive ketones (excluding diaryl/α,β-unsaturated/α-hetero) is 1. The highest BCUT2D eigenvalue weighted by atomic mass is 16.7. The number of benzene rings is 2. The van der Waals surface area contributed by atoms with Crippen LogP contribution < -0.4 is 9.47 Å². The van der Waals surface area contributed by atoms with Crippen LogP contribution in [-0.4, -0.2) is 18.5 Å². The second kappa shape index (κ2) is 4.87. The molecule has 2 heterocycles. The molecule has 2 aromatic carbocycles. The maximum Gasteiger partial charge on any atom is 0.339 e. The first-order valence-corrected chi connectivity index (χ1v) is 6.95. The number of rotatable bonds is 3. The van der Waals surface area contributed by atoms with Gasteiger partial charge in [0.15, 0.2) is 17.3 Å². The van der Waals surface area contributed by atoms with Crippen LogP contribution in [0, 0.1) is 0 Å². The smallest absolute Gasteiger partial charge is 0.339 e. The van der Waals surface area contributed by atoms with Crippen LogP contribution in [0.1, 0.15) is 38.8 Å². The van der Waals surface area contributed by atoms with Crippen molar-refractivity contribution in [1.82, 2.24) is 0 Å². The lowest BCUT2D eigenvalue weighted by Gasteiger charge is -2.10. The summed E-state index contributed by atoms with van der Waals surface area (Å²) < 4.78 is 15.8. The molecule has 2 aliphatic heterocycles. The Morgan fingerprint density at radius 2 is 1.91 bits per heavy atom. The van der Waals surface area contributed by atoms with Crippen molar-refractivity contribution in [1.29, 1.82) is 0 Å². The van der Waals surface area contributed by atoms with E-state index in [0.717, 1.165) is 5.56 Å². The first-order chi connectivity index (χ1) is 10.7. The Kier molecular flexibility index (Phi) is 2.85. The number of cyclic esters (lactones) is 1. The monoisotopic (exact) mass is 296 g/mol. The van der Waals surface area contributed by atoms with E-state index in [1.165, 1.54) is 0 Å². The second-order valence-corrected chi connectivity index (χ2v) is 5.18. The molecule has 2 aliphatic rings. The van der Waals surface area contributed by atoms with E-state index in [0.29, 0.717) is 22.6 Å². The molecule has 1 unspecified atom stereocenters. The molecule has 0 fully saturated rings. The van der Waals surface area contributed by atoms with E-state index >= 15 is 0 Å². The molecule has 5 heteroatoms. The second-order valence-electron chi connectivity index (χ2n) is 5.18. The van der Waals surface area contributed by atoms with Gasteiger partial charge in [-0.25, -0.2) is 4.79 Å². The van der Waals surface area contributed by atoms with Crippen molar-refractivity contribution in [3.63, 3.8) is 0 Å². The summed E-state index contributed by atoms with van der Waals surface area (Å²) >= 11 is 0. The normalized spacial score (nSPS) is 18.0. The van der Waals surface area contributed by atoms with Gasteiger partial charge >= 0.3 is 5.97 Å². The van der Waals surface area contributed by atoms with E-state index < -0.39 is 6.10 Å². The zero-order valence-electron chi connectivity index (χ0n) is 11.6. The molecule has 2 aromatic rings. The van der Waals surface area contributed by atoms with Crippen molar-refractivity contribution in [2.45, 2.75) is 12.5 Å². The van der Waals surface area contributed by atoms with Gasteiger partial charge in [0.2, 0.25) is 6.79 Å². The summed E-state index contributed by atoms with van der Waals surface area (Å²) in [5, 5.41) is 0. The average Bonchev–Trinajstić information content (AvgIpc) is 3.12. The fourth-order valence-electron chi connectivity index (χ4n) is 2.73. The Bertz CT molecular complexity index is 780. The van der Waals surface area contributed by atoms with Crippen LogP contribution in [0.5, 0.6) is 11.5 Å². The third kappa shape index (κ3) is 2.02. The molecule has 0 bridgehead atoms. The largest absolute Gasteiger partial charge is 0.454 e. The highest BCUT2D eigenvalue weighted by Gasteiger charge is 2.32. The van der Waals surface area contributed by atoms with E-state index in [9.17, 15) is 9.59 Å². The van der Waals surface area contributed by atoms with Gasteiger partial charge in [-0.2, -0.15) is 0 Å². The van der Waals surface area contributed by atoms with Crippen molar-refractivity contribution in [2.24, 2.45) is 0 Å². The molecular weight excluding hydrogens is 284 g/mol. The summed E-state index contributed by atoms with van der Waals surface area (Å²) in [4.78, 5) is 24.2. The SMILES string of the molecule is O=C(CC1OC(=O)c2ccccc21)c1ccc2c(c1)OCO2. The van der Waals surface area contributed by atoms with E-state index in [4.69, 9.17) is 14.2 Å². The predicted octanol–water partition coefficient (Wildman–Crippen LogP) is 2.90. The van der Waals surface area contributed by atoms with E-state index in [-0.39, 0.29) is 25.0 Å². The summed E-state index contributed by atoms with van der Waals surface area (Å²) in [6.07, 6.45) is -0.413. The van der Waals surface area contributed by atoms with Crippen molar-refractivity contribution in [3.8, 4) is 11.5 Å². The predicted molar refractivity (Wildman–Crippen MR) is 76.1 cm³/mol. The van der Waals surface area contributed by atoms with Crippen LogP contribution in [0.25, 0.3) is 0 Å². The minimum Gasteiger partial charge on any atom is -0.454 e. The molecule has 4 rings (SSSR count). The molecular formula is C17H12O5. The van der Waals surface area contributed by atoms with Gasteiger partial charge in [0.05, 0.1) is 12.0 Å². The van der Waals surface area contributed by atoms with Crippen LogP contribution in [0.15, 0.2) is 42.5 Å². The quantitative estimate of drug-likeness (QED) is 0.644. The number of hydrogen-bond acceptors (Lipinski definition) is 5. The molecule has 0 spiro atoms. The van der Waals surface area contributed by atoms with Crippen molar-refractivity contribution in [2.75, 3.05) is 6.79 Å². The first kappa shape index (κ1) is 12.9. The van der Waals surface area contributed by atoms with Crippen molar-refractivity contribution in [3.05, 3.63) is 59.2 Å². The van der Waals surface area contributed by atoms with E-state index in [1.54, 1.807) is 30.3 Å². The number of fused-ring (bicyclic) bond motifs is 2. The van der Waals surface area contributed by atoms with E-state index in [1.807, 2.05) is 12.1 Å². The average molecular weight is 296 g/mol. The molecule has 1 atom stereocenters. The van der Waals surface area contributed by atoms with Crippen LogP contribution in [-0.2, 0) is 4.74 Å². The Balaban J connectivity index is 1.57. The molecule has 0 saturated carbocycles. The third-order valence-electron chi connectivity index (χ3n) is 3.84. The summed E-state index contributed by atoms with van der Waals surface area (Å²) in [5.74, 6) is 0.718. The van der Waals surface area contributed by atoms with Gasteiger partial charge in [-0.3, -0.25) is 4.79 Å². The summed E-state index contributed by atoms with van der Waals surface area (Å²) in [6.45, 7) is 0.167. The Hall–Kier alpha value is -2.82. The number of carbonyl (C=O) groups excluding carboxylic acids is 2. The number of hydrogen-bond donors (Lipinski definition) is 0. The first-order valence-electron chi connectivity index (χ1n) is 6.95. The lowest BCUT2D eigenvalue weighted by molar-refractivity contribution is 0.0367. The zero-order valence-corrected chi connectivity index (χ0v) is 11.6. The lowest BCUT2D eigenvalue weighted by Crippen LogP contribution is -2.07. The summed E-state index contributed by atoms with van der Waals surface area (Å²) in [5.41, 5.74) is 1.82. The van der Waals surface area contributed by atoms with Gasteiger partial charge in [0.1, 0.15) is 6.10 Å². The fraction of sp³-hybridized carbons (Fsp3) is 0.176. The molecule has 22 heavy (non-hydrogen) atoms. The topological polar surface area (TPSA) is 61.8 Å². The van der Waals surface area contributed by atoms with Crippen LogP contribution in [0.2, 0.25) is 0 Å². The maximum atomic E-state index is 12.4. The van der Waals surface area contributed by atoms with Gasteiger partial charge in [0, 0.05) is 11.1 Å². The maximum absolute atomic E-state index is 12.4. The van der Waals surface area contributed by atoms with Gasteiger partial charge in [-0.05, 0) is 24.3 Å². The van der Waals surface area contributed by atoms with Gasteiger partial charge in [0.25, 0.3) is 0 Å². The number of ether oxygens (including phenoxy) is 3. The molecule has 5 nitrogen and oxygen atoms in total. The molecule has 0 aliphatic carbocycles. The number of esters is 1. The standard InChI is InChI=1S/C17H12O5/c18-13(10-5-6-14-16(7-10)21-9-20-14)8-15-11-3-1-2-4-12(11)17(19)22-15/h1-7,15H,8-9H2. The van der Waals surface area contributed by atoms with Crippen LogP contribution in [0.3, 0.4) is 0 Å². The molecule has 0 radical (unpaired) electrons. The molecule has 0 aromatic heterocycles. The molecule has 0 N–H and O–H groups in total. The highest BCUT2D eigenvalue weighted by molar-refractivity contribution is 5.99. The molecule has 0 amide bonds. The number of ketones is 1. The van der Waals surface area contributed by atoms with E-state index in [2.05, 4.69) is 0 Å². The number of carbonyl (C=O) groups is 2. The Morgan fingerprint density at radius 1 is 1.09 bits per heavy atom. The summed E-state index contributed by atoms with van der Waals surface area (Å²) in [7, 11) is 0. The third-order valence-corrected chi connectivity index (χ3v) is 3.84. The van der Waals surface area contributed by atoms with Crippen LogP contribution >= 0.6 is 0 Å². The minimum atomic E-state index is -0.526. The highest BCUT2D eigenvalue weighted by Crippen LogP contribution is 2.36. The minimum absolute atomic E-state index is 0.104. The summed E-state index contributed by atoms with van der Waals surface area (Å²) in [6, 6.07) is 12.2. The zero-order chi connectivity index (χ0) is 15.1. The Morgan fingerprint density at radius 3 is 2.82 bits per heavy atom. The lowest BCUT2D eigenvalue weighted by atomic mass is 9.98. The van der Waals surface area contributed by atoms with Crippen molar-refractivity contribution < 1.29 is 23.8 Å². The van der Waals surface area contributed by atoms with Gasteiger partial charge in [-0.1, -0.05) is 18.2 Å². The Labute approximate surface area is 126 Å². The fourth-order valence-corrected chi connectivity index (χ4v) is 2.73.